The summed E-state index contributed by atoms with van der Waals surface area (Å²) in [6, 6.07) is 10.8. The third-order valence-electron chi connectivity index (χ3n) is 2.29. The second-order valence-corrected chi connectivity index (χ2v) is 3.00. The van der Waals surface area contributed by atoms with E-state index in [1.54, 1.807) is 0 Å². The van der Waals surface area contributed by atoms with E-state index in [0.717, 1.165) is 18.7 Å². The topological polar surface area (TPSA) is 29.3 Å². The molecule has 2 nitrogen and oxygen atoms in total. The maximum atomic E-state index is 6.07. The van der Waals surface area contributed by atoms with Gasteiger partial charge >= 0.3 is 0 Å². The van der Waals surface area contributed by atoms with Gasteiger partial charge < -0.3 is 5.73 Å². The Balaban J connectivity index is 2.72. The molecule has 13 heavy (non-hydrogen) atoms. The number of nitrogens with zero attached hydrogens (tertiary/aromatic N) is 1. The lowest BCUT2D eigenvalue weighted by Gasteiger charge is -2.26. The van der Waals surface area contributed by atoms with Crippen molar-refractivity contribution in [2.75, 3.05) is 13.1 Å². The lowest BCUT2D eigenvalue weighted by atomic mass is 10.1. The van der Waals surface area contributed by atoms with E-state index in [4.69, 9.17) is 5.73 Å². The highest BCUT2D eigenvalue weighted by Crippen LogP contribution is 2.13. The number of benzene rings is 1. The fourth-order valence-electron chi connectivity index (χ4n) is 1.42. The molecule has 0 aliphatic carbocycles. The van der Waals surface area contributed by atoms with Crippen LogP contribution in [0, 0.1) is 6.07 Å². The van der Waals surface area contributed by atoms with Crippen LogP contribution in [-0.4, -0.2) is 18.0 Å². The van der Waals surface area contributed by atoms with Crippen LogP contribution in [0.5, 0.6) is 0 Å². The van der Waals surface area contributed by atoms with Gasteiger partial charge in [0.15, 0.2) is 0 Å². The zero-order valence-corrected chi connectivity index (χ0v) is 8.33. The van der Waals surface area contributed by atoms with Gasteiger partial charge in [-0.3, -0.25) is 4.90 Å². The standard InChI is InChI=1S/C11H17N2/c1-3-13(4-2)11(12)10-8-6-5-7-9-10/h6-9,11H,3-4,12H2,1-2H3. The van der Waals surface area contributed by atoms with E-state index in [0.29, 0.717) is 0 Å². The van der Waals surface area contributed by atoms with E-state index in [1.807, 2.05) is 24.3 Å². The number of hydrogen-bond donors (Lipinski definition) is 1. The van der Waals surface area contributed by atoms with Crippen molar-refractivity contribution in [3.8, 4) is 0 Å². The van der Waals surface area contributed by atoms with Gasteiger partial charge in [0.05, 0.1) is 6.17 Å². The quantitative estimate of drug-likeness (QED) is 0.710. The minimum Gasteiger partial charge on any atom is -0.312 e. The van der Waals surface area contributed by atoms with Gasteiger partial charge in [0.2, 0.25) is 0 Å². The molecule has 0 bridgehead atoms. The number of nitrogens with two attached hydrogens (primary N) is 1. The first-order valence-electron chi connectivity index (χ1n) is 4.75. The molecule has 0 amide bonds. The lowest BCUT2D eigenvalue weighted by molar-refractivity contribution is 0.224. The first-order chi connectivity index (χ1) is 6.29. The van der Waals surface area contributed by atoms with Gasteiger partial charge in [0.25, 0.3) is 0 Å². The first kappa shape index (κ1) is 10.2. The number of rotatable bonds is 4. The molecule has 0 saturated carbocycles. The first-order valence-corrected chi connectivity index (χ1v) is 4.75. The van der Waals surface area contributed by atoms with Crippen molar-refractivity contribution in [1.29, 1.82) is 0 Å². The third-order valence-corrected chi connectivity index (χ3v) is 2.29. The summed E-state index contributed by atoms with van der Waals surface area (Å²) >= 11 is 0. The van der Waals surface area contributed by atoms with Crippen LogP contribution in [0.4, 0.5) is 0 Å². The van der Waals surface area contributed by atoms with Crippen LogP contribution >= 0.6 is 0 Å². The molecule has 2 heteroatoms. The molecule has 0 spiro atoms. The molecule has 1 radical (unpaired) electrons. The van der Waals surface area contributed by atoms with Gasteiger partial charge in [-0.2, -0.15) is 0 Å². The molecule has 2 N–H and O–H groups in total. The van der Waals surface area contributed by atoms with E-state index in [9.17, 15) is 0 Å². The monoisotopic (exact) mass is 177 g/mol. The average molecular weight is 177 g/mol. The molecule has 1 aromatic rings. The Morgan fingerprint density at radius 3 is 2.31 bits per heavy atom. The van der Waals surface area contributed by atoms with Crippen molar-refractivity contribution in [3.63, 3.8) is 0 Å². The second-order valence-electron chi connectivity index (χ2n) is 3.00. The van der Waals surface area contributed by atoms with Gasteiger partial charge in [-0.25, -0.2) is 0 Å². The molecule has 1 unspecified atom stereocenters. The second kappa shape index (κ2) is 5.00. The van der Waals surface area contributed by atoms with Crippen LogP contribution in [0.2, 0.25) is 0 Å². The van der Waals surface area contributed by atoms with Crippen LogP contribution in [0.3, 0.4) is 0 Å². The molecular formula is C11H17N2. The van der Waals surface area contributed by atoms with Crippen LogP contribution in [-0.2, 0) is 0 Å². The van der Waals surface area contributed by atoms with E-state index >= 15 is 0 Å². The number of hydrogen-bond acceptors (Lipinski definition) is 2. The maximum absolute atomic E-state index is 6.07. The predicted octanol–water partition coefficient (Wildman–Crippen LogP) is 1.79. The largest absolute Gasteiger partial charge is 0.312 e. The van der Waals surface area contributed by atoms with Crippen molar-refractivity contribution >= 4 is 0 Å². The SMILES string of the molecule is CCN(CC)C(N)c1cc[c]cc1. The van der Waals surface area contributed by atoms with Gasteiger partial charge in [-0.05, 0) is 24.7 Å². The fourth-order valence-corrected chi connectivity index (χ4v) is 1.42. The highest BCUT2D eigenvalue weighted by molar-refractivity contribution is 5.17. The molecule has 0 heterocycles. The molecule has 0 aromatic heterocycles. The molecule has 0 aliphatic rings. The summed E-state index contributed by atoms with van der Waals surface area (Å²) < 4.78 is 0. The predicted molar refractivity (Wildman–Crippen MR) is 55.1 cm³/mol. The third kappa shape index (κ3) is 2.54. The average Bonchev–Trinajstić information content (AvgIpc) is 2.21. The van der Waals surface area contributed by atoms with Gasteiger partial charge in [-0.15, -0.1) is 0 Å². The smallest absolute Gasteiger partial charge is 0.0835 e. The summed E-state index contributed by atoms with van der Waals surface area (Å²) in [5.74, 6) is 0. The van der Waals surface area contributed by atoms with E-state index in [-0.39, 0.29) is 6.17 Å². The van der Waals surface area contributed by atoms with Crippen LogP contribution < -0.4 is 5.73 Å². The maximum Gasteiger partial charge on any atom is 0.0835 e. The summed E-state index contributed by atoms with van der Waals surface area (Å²) in [5, 5.41) is 0. The Hall–Kier alpha value is -0.860. The molecule has 1 atom stereocenters. The van der Waals surface area contributed by atoms with Gasteiger partial charge in [0, 0.05) is 0 Å². The minimum atomic E-state index is 0.0181. The zero-order valence-electron chi connectivity index (χ0n) is 8.33. The van der Waals surface area contributed by atoms with Crippen LogP contribution in [0.25, 0.3) is 0 Å². The molecule has 0 aliphatic heterocycles. The van der Waals surface area contributed by atoms with Crippen LogP contribution in [0.1, 0.15) is 25.6 Å². The van der Waals surface area contributed by atoms with E-state index < -0.39 is 0 Å². The molecule has 1 rings (SSSR count). The molecular weight excluding hydrogens is 160 g/mol. The van der Waals surface area contributed by atoms with Gasteiger partial charge in [-0.1, -0.05) is 38.1 Å². The summed E-state index contributed by atoms with van der Waals surface area (Å²) in [4.78, 5) is 2.22. The highest BCUT2D eigenvalue weighted by Gasteiger charge is 2.11. The van der Waals surface area contributed by atoms with Crippen molar-refractivity contribution in [1.82, 2.24) is 4.90 Å². The zero-order chi connectivity index (χ0) is 9.68. The van der Waals surface area contributed by atoms with Gasteiger partial charge in [0.1, 0.15) is 0 Å². The Labute approximate surface area is 80.4 Å². The summed E-state index contributed by atoms with van der Waals surface area (Å²) in [6.07, 6.45) is 0.0181. The lowest BCUT2D eigenvalue weighted by Crippen LogP contribution is -2.34. The summed E-state index contributed by atoms with van der Waals surface area (Å²) in [5.41, 5.74) is 7.23. The summed E-state index contributed by atoms with van der Waals surface area (Å²) in [6.45, 7) is 6.21. The Morgan fingerprint density at radius 1 is 1.31 bits per heavy atom. The van der Waals surface area contributed by atoms with Crippen molar-refractivity contribution in [2.24, 2.45) is 5.73 Å². The Bertz CT molecular complexity index is 229. The van der Waals surface area contributed by atoms with Crippen molar-refractivity contribution < 1.29 is 0 Å². The minimum absolute atomic E-state index is 0.0181. The normalized spacial score (nSPS) is 13.2. The fraction of sp³-hybridized carbons (Fsp3) is 0.455. The van der Waals surface area contributed by atoms with Crippen molar-refractivity contribution in [2.45, 2.75) is 20.0 Å². The van der Waals surface area contributed by atoms with Crippen LogP contribution in [0.15, 0.2) is 24.3 Å². The summed E-state index contributed by atoms with van der Waals surface area (Å²) in [7, 11) is 0. The van der Waals surface area contributed by atoms with E-state index in [2.05, 4.69) is 24.8 Å². The molecule has 0 saturated heterocycles. The molecule has 0 fully saturated rings. The molecule has 71 valence electrons. The van der Waals surface area contributed by atoms with E-state index in [1.165, 1.54) is 0 Å². The Kier molecular flexibility index (Phi) is 3.93. The van der Waals surface area contributed by atoms with Crippen molar-refractivity contribution in [3.05, 3.63) is 35.9 Å². The molecule has 1 aromatic carbocycles. The Morgan fingerprint density at radius 2 is 1.85 bits per heavy atom. The highest BCUT2D eigenvalue weighted by atomic mass is 15.2.